The molecule has 0 radical (unpaired) electrons. The van der Waals surface area contributed by atoms with Gasteiger partial charge in [-0.15, -0.1) is 11.3 Å². The van der Waals surface area contributed by atoms with Gasteiger partial charge in [-0.05, 0) is 30.4 Å². The average Bonchev–Trinajstić information content (AvgIpc) is 3.09. The summed E-state index contributed by atoms with van der Waals surface area (Å²) in [6.07, 6.45) is 0.647. The molecule has 1 aromatic carbocycles. The van der Waals surface area contributed by atoms with Gasteiger partial charge in [-0.2, -0.15) is 0 Å². The Kier molecular flexibility index (Phi) is 5.90. The van der Waals surface area contributed by atoms with E-state index in [1.54, 1.807) is 13.0 Å². The number of amides is 2. The van der Waals surface area contributed by atoms with Crippen LogP contribution in [0.1, 0.15) is 28.6 Å². The van der Waals surface area contributed by atoms with Crippen molar-refractivity contribution in [3.8, 4) is 0 Å². The molecule has 2 rings (SSSR count). The fourth-order valence-electron chi connectivity index (χ4n) is 2.09. The first kappa shape index (κ1) is 17.2. The van der Waals surface area contributed by atoms with Crippen LogP contribution in [-0.4, -0.2) is 24.9 Å². The minimum Gasteiger partial charge on any atom is -0.354 e. The molecule has 4 N–H and O–H groups in total. The molecule has 0 aliphatic carbocycles. The number of nitrogens with one attached hydrogen (secondary N) is 2. The smallest absolute Gasteiger partial charge is 0.261 e. The van der Waals surface area contributed by atoms with Crippen molar-refractivity contribution in [2.24, 2.45) is 5.73 Å². The van der Waals surface area contributed by atoms with Gasteiger partial charge in [-0.3, -0.25) is 9.59 Å². The van der Waals surface area contributed by atoms with Crippen molar-refractivity contribution in [1.29, 1.82) is 0 Å². The Labute approximate surface area is 139 Å². The van der Waals surface area contributed by atoms with Crippen molar-refractivity contribution in [3.63, 3.8) is 0 Å². The van der Waals surface area contributed by atoms with Crippen LogP contribution in [0.5, 0.6) is 0 Å². The monoisotopic (exact) mass is 331 g/mol. The molecule has 0 aliphatic rings. The van der Waals surface area contributed by atoms with Gasteiger partial charge in [-0.25, -0.2) is 0 Å². The van der Waals surface area contributed by atoms with Crippen LogP contribution in [0.3, 0.4) is 0 Å². The van der Waals surface area contributed by atoms with E-state index in [-0.39, 0.29) is 11.8 Å². The van der Waals surface area contributed by atoms with E-state index in [1.165, 1.54) is 11.3 Å². The summed E-state index contributed by atoms with van der Waals surface area (Å²) in [5, 5.41) is 7.50. The Morgan fingerprint density at radius 3 is 2.43 bits per heavy atom. The topological polar surface area (TPSA) is 84.2 Å². The molecule has 1 aromatic heterocycles. The van der Waals surface area contributed by atoms with E-state index in [2.05, 4.69) is 10.6 Å². The molecular weight excluding hydrogens is 310 g/mol. The molecule has 1 atom stereocenters. The van der Waals surface area contributed by atoms with Crippen molar-refractivity contribution in [2.45, 2.75) is 18.9 Å². The first-order valence-corrected chi connectivity index (χ1v) is 8.34. The van der Waals surface area contributed by atoms with Crippen LogP contribution in [0.25, 0.3) is 0 Å². The standard InChI is InChI=1S/C17H21N3O2S/c1-17(18,13-7-3-2-4-8-13)16(22)20-11-6-10-19-15(21)14-9-5-12-23-14/h2-5,7-9,12H,6,10-11,18H2,1H3,(H,19,21)(H,20,22). The Morgan fingerprint density at radius 1 is 1.09 bits per heavy atom. The van der Waals surface area contributed by atoms with Gasteiger partial charge in [0.2, 0.25) is 5.91 Å². The van der Waals surface area contributed by atoms with Gasteiger partial charge in [0.15, 0.2) is 0 Å². The van der Waals surface area contributed by atoms with Crippen molar-refractivity contribution in [1.82, 2.24) is 10.6 Å². The van der Waals surface area contributed by atoms with Crippen LogP contribution < -0.4 is 16.4 Å². The fourth-order valence-corrected chi connectivity index (χ4v) is 2.73. The van der Waals surface area contributed by atoms with E-state index >= 15 is 0 Å². The number of hydrogen-bond acceptors (Lipinski definition) is 4. The summed E-state index contributed by atoms with van der Waals surface area (Å²) in [6.45, 7) is 2.66. The van der Waals surface area contributed by atoms with Gasteiger partial charge in [-0.1, -0.05) is 36.4 Å². The number of rotatable bonds is 7. The number of nitrogens with two attached hydrogens (primary N) is 1. The summed E-state index contributed by atoms with van der Waals surface area (Å²) in [6, 6.07) is 12.9. The van der Waals surface area contributed by atoms with Crippen LogP contribution in [0.4, 0.5) is 0 Å². The second kappa shape index (κ2) is 7.89. The SMILES string of the molecule is CC(N)(C(=O)NCCCNC(=O)c1cccs1)c1ccccc1. The van der Waals surface area contributed by atoms with E-state index in [0.717, 1.165) is 5.56 Å². The molecule has 5 nitrogen and oxygen atoms in total. The molecule has 0 fully saturated rings. The van der Waals surface area contributed by atoms with Gasteiger partial charge in [0.05, 0.1) is 4.88 Å². The van der Waals surface area contributed by atoms with Gasteiger partial charge in [0.25, 0.3) is 5.91 Å². The van der Waals surface area contributed by atoms with Crippen molar-refractivity contribution in [2.75, 3.05) is 13.1 Å². The van der Waals surface area contributed by atoms with Crippen molar-refractivity contribution in [3.05, 3.63) is 58.3 Å². The Hall–Kier alpha value is -2.18. The molecular formula is C17H21N3O2S. The first-order valence-electron chi connectivity index (χ1n) is 7.46. The van der Waals surface area contributed by atoms with Gasteiger partial charge < -0.3 is 16.4 Å². The molecule has 2 amide bonds. The minimum atomic E-state index is -1.07. The van der Waals surface area contributed by atoms with E-state index in [4.69, 9.17) is 5.73 Å². The summed E-state index contributed by atoms with van der Waals surface area (Å²) < 4.78 is 0. The molecule has 1 unspecified atom stereocenters. The number of benzene rings is 1. The van der Waals surface area contributed by atoms with Crippen LogP contribution in [0.2, 0.25) is 0 Å². The first-order chi connectivity index (χ1) is 11.0. The number of carbonyl (C=O) groups is 2. The molecule has 122 valence electrons. The molecule has 0 saturated heterocycles. The predicted molar refractivity (Wildman–Crippen MR) is 92.3 cm³/mol. The highest BCUT2D eigenvalue weighted by molar-refractivity contribution is 7.12. The molecule has 0 saturated carbocycles. The van der Waals surface area contributed by atoms with E-state index < -0.39 is 5.54 Å². The van der Waals surface area contributed by atoms with Crippen molar-refractivity contribution < 1.29 is 9.59 Å². The lowest BCUT2D eigenvalue weighted by Crippen LogP contribution is -2.49. The normalized spacial score (nSPS) is 13.1. The summed E-state index contributed by atoms with van der Waals surface area (Å²) in [5.41, 5.74) is 5.83. The maximum absolute atomic E-state index is 12.2. The van der Waals surface area contributed by atoms with Gasteiger partial charge >= 0.3 is 0 Å². The van der Waals surface area contributed by atoms with Crippen LogP contribution in [0.15, 0.2) is 47.8 Å². The summed E-state index contributed by atoms with van der Waals surface area (Å²) in [4.78, 5) is 24.7. The summed E-state index contributed by atoms with van der Waals surface area (Å²) >= 11 is 1.40. The minimum absolute atomic E-state index is 0.0840. The number of thiophene rings is 1. The third-order valence-corrected chi connectivity index (χ3v) is 4.38. The lowest BCUT2D eigenvalue weighted by atomic mass is 9.92. The van der Waals surface area contributed by atoms with E-state index in [1.807, 2.05) is 41.8 Å². The third kappa shape index (κ3) is 4.64. The summed E-state index contributed by atoms with van der Waals surface area (Å²) in [5.74, 6) is -0.312. The summed E-state index contributed by atoms with van der Waals surface area (Å²) in [7, 11) is 0. The Balaban J connectivity index is 1.72. The van der Waals surface area contributed by atoms with Crippen LogP contribution >= 0.6 is 11.3 Å². The predicted octanol–water partition coefficient (Wildman–Crippen LogP) is 1.86. The fraction of sp³-hybridized carbons (Fsp3) is 0.294. The molecule has 6 heteroatoms. The van der Waals surface area contributed by atoms with Crippen LogP contribution in [0, 0.1) is 0 Å². The van der Waals surface area contributed by atoms with Crippen LogP contribution in [-0.2, 0) is 10.3 Å². The second-order valence-electron chi connectivity index (χ2n) is 5.41. The highest BCUT2D eigenvalue weighted by Crippen LogP contribution is 2.17. The molecule has 23 heavy (non-hydrogen) atoms. The Morgan fingerprint density at radius 2 is 1.78 bits per heavy atom. The zero-order valence-corrected chi connectivity index (χ0v) is 13.9. The molecule has 2 aromatic rings. The van der Waals surface area contributed by atoms with Gasteiger partial charge in [0.1, 0.15) is 5.54 Å². The maximum Gasteiger partial charge on any atom is 0.261 e. The van der Waals surface area contributed by atoms with E-state index in [9.17, 15) is 9.59 Å². The van der Waals surface area contributed by atoms with E-state index in [0.29, 0.717) is 24.4 Å². The molecule has 0 bridgehead atoms. The van der Waals surface area contributed by atoms with Crippen molar-refractivity contribution >= 4 is 23.2 Å². The maximum atomic E-state index is 12.2. The van der Waals surface area contributed by atoms with Gasteiger partial charge in [0, 0.05) is 13.1 Å². The lowest BCUT2D eigenvalue weighted by Gasteiger charge is -2.24. The molecule has 1 heterocycles. The Bertz CT molecular complexity index is 639. The molecule has 0 aliphatic heterocycles. The quantitative estimate of drug-likeness (QED) is 0.677. The largest absolute Gasteiger partial charge is 0.354 e. The highest BCUT2D eigenvalue weighted by Gasteiger charge is 2.29. The lowest BCUT2D eigenvalue weighted by molar-refractivity contribution is -0.126. The number of hydrogen-bond donors (Lipinski definition) is 3. The highest BCUT2D eigenvalue weighted by atomic mass is 32.1. The number of carbonyl (C=O) groups excluding carboxylic acids is 2. The average molecular weight is 331 g/mol. The molecule has 0 spiro atoms. The second-order valence-corrected chi connectivity index (χ2v) is 6.36. The zero-order valence-electron chi connectivity index (χ0n) is 13.0. The zero-order chi connectivity index (χ0) is 16.7. The third-order valence-electron chi connectivity index (χ3n) is 3.51.